The van der Waals surface area contributed by atoms with Crippen LogP contribution in [0.4, 0.5) is 0 Å². The van der Waals surface area contributed by atoms with E-state index >= 15 is 0 Å². The van der Waals surface area contributed by atoms with E-state index in [9.17, 15) is 10.1 Å². The van der Waals surface area contributed by atoms with E-state index < -0.39 is 0 Å². The Balaban J connectivity index is 2.04. The van der Waals surface area contributed by atoms with Crippen molar-refractivity contribution >= 4 is 17.4 Å². The van der Waals surface area contributed by atoms with Gasteiger partial charge in [0, 0.05) is 11.9 Å². The maximum absolute atomic E-state index is 12.4. The molecule has 3 aromatic rings. The van der Waals surface area contributed by atoms with Crippen LogP contribution in [-0.2, 0) is 5.75 Å². The van der Waals surface area contributed by atoms with Crippen LogP contribution in [0.25, 0.3) is 5.65 Å². The van der Waals surface area contributed by atoms with Gasteiger partial charge in [0.25, 0.3) is 5.56 Å². The summed E-state index contributed by atoms with van der Waals surface area (Å²) in [5, 5.41) is 9.79. The summed E-state index contributed by atoms with van der Waals surface area (Å²) in [5.41, 5.74) is 2.42. The fraction of sp³-hybridized carbons (Fsp3) is 0.118. The molecule has 4 nitrogen and oxygen atoms in total. The van der Waals surface area contributed by atoms with Crippen molar-refractivity contribution in [3.8, 4) is 6.07 Å². The molecule has 108 valence electrons. The van der Waals surface area contributed by atoms with Crippen LogP contribution in [0.2, 0.25) is 0 Å². The van der Waals surface area contributed by atoms with Crippen molar-refractivity contribution < 1.29 is 0 Å². The molecule has 0 aliphatic rings. The van der Waals surface area contributed by atoms with Gasteiger partial charge in [-0.15, -0.1) is 11.8 Å². The Bertz CT molecular complexity index is 926. The largest absolute Gasteiger partial charge is 0.276 e. The molecule has 0 amide bonds. The molecule has 22 heavy (non-hydrogen) atoms. The van der Waals surface area contributed by atoms with E-state index in [2.05, 4.69) is 4.98 Å². The summed E-state index contributed by atoms with van der Waals surface area (Å²) in [6.07, 6.45) is 1.71. The molecule has 0 saturated heterocycles. The lowest BCUT2D eigenvalue weighted by Crippen LogP contribution is -2.19. The van der Waals surface area contributed by atoms with Crippen LogP contribution in [0, 0.1) is 18.3 Å². The van der Waals surface area contributed by atoms with Crippen LogP contribution in [-0.4, -0.2) is 9.38 Å². The van der Waals surface area contributed by atoms with Crippen molar-refractivity contribution in [3.63, 3.8) is 0 Å². The molecule has 0 aliphatic carbocycles. The van der Waals surface area contributed by atoms with Gasteiger partial charge in [0.05, 0.1) is 0 Å². The normalized spacial score (nSPS) is 10.5. The third-order valence-corrected chi connectivity index (χ3v) is 4.31. The summed E-state index contributed by atoms with van der Waals surface area (Å²) >= 11 is 1.41. The Hall–Kier alpha value is -2.58. The SMILES string of the molecule is Cc1ccc2nc(SCc3ccccc3)c(C#N)c(=O)n2c1. The molecular weight excluding hydrogens is 294 g/mol. The molecule has 2 aromatic heterocycles. The van der Waals surface area contributed by atoms with Gasteiger partial charge in [-0.1, -0.05) is 36.4 Å². The molecule has 5 heteroatoms. The number of benzene rings is 1. The standard InChI is InChI=1S/C17H13N3OS/c1-12-7-8-15-19-16(14(9-18)17(21)20(15)10-12)22-11-13-5-3-2-4-6-13/h2-8,10H,11H2,1H3. The number of nitriles is 1. The average Bonchev–Trinajstić information content (AvgIpc) is 2.55. The van der Waals surface area contributed by atoms with E-state index in [0.29, 0.717) is 16.4 Å². The monoisotopic (exact) mass is 307 g/mol. The minimum absolute atomic E-state index is 0.101. The van der Waals surface area contributed by atoms with Gasteiger partial charge < -0.3 is 0 Å². The number of aryl methyl sites for hydroxylation is 1. The Morgan fingerprint density at radius 1 is 1.23 bits per heavy atom. The Kier molecular flexibility index (Phi) is 3.94. The van der Waals surface area contributed by atoms with Crippen LogP contribution >= 0.6 is 11.8 Å². The molecule has 2 heterocycles. The lowest BCUT2D eigenvalue weighted by molar-refractivity contribution is 0.961. The molecule has 3 rings (SSSR count). The third kappa shape index (κ3) is 2.74. The van der Waals surface area contributed by atoms with Gasteiger partial charge >= 0.3 is 0 Å². The summed E-state index contributed by atoms with van der Waals surface area (Å²) in [7, 11) is 0. The lowest BCUT2D eigenvalue weighted by atomic mass is 10.2. The smallest absolute Gasteiger partial charge is 0.267 e. The molecule has 0 atom stereocenters. The van der Waals surface area contributed by atoms with E-state index in [-0.39, 0.29) is 11.1 Å². The molecule has 0 bridgehead atoms. The van der Waals surface area contributed by atoms with E-state index in [4.69, 9.17) is 0 Å². The molecular formula is C17H13N3OS. The number of hydrogen-bond donors (Lipinski definition) is 0. The second-order valence-corrected chi connectivity index (χ2v) is 5.88. The zero-order chi connectivity index (χ0) is 15.5. The van der Waals surface area contributed by atoms with Crippen LogP contribution < -0.4 is 5.56 Å². The number of rotatable bonds is 3. The third-order valence-electron chi connectivity index (χ3n) is 3.27. The molecule has 0 saturated carbocycles. The van der Waals surface area contributed by atoms with Gasteiger partial charge in [-0.2, -0.15) is 5.26 Å². The summed E-state index contributed by atoms with van der Waals surface area (Å²) in [6.45, 7) is 1.90. The summed E-state index contributed by atoms with van der Waals surface area (Å²) in [5.74, 6) is 0.671. The number of nitrogens with zero attached hydrogens (tertiary/aromatic N) is 3. The molecule has 0 aliphatic heterocycles. The van der Waals surface area contributed by atoms with Gasteiger partial charge in [0.1, 0.15) is 22.3 Å². The first-order valence-electron chi connectivity index (χ1n) is 6.79. The molecule has 0 unspecified atom stereocenters. The predicted molar refractivity (Wildman–Crippen MR) is 86.9 cm³/mol. The minimum Gasteiger partial charge on any atom is -0.267 e. The highest BCUT2D eigenvalue weighted by Crippen LogP contribution is 2.23. The molecule has 0 fully saturated rings. The highest BCUT2D eigenvalue weighted by Gasteiger charge is 2.13. The van der Waals surface area contributed by atoms with Crippen molar-refractivity contribution in [1.82, 2.24) is 9.38 Å². The predicted octanol–water partition coefficient (Wildman–Crippen LogP) is 3.17. The van der Waals surface area contributed by atoms with Crippen molar-refractivity contribution in [2.24, 2.45) is 0 Å². The van der Waals surface area contributed by atoms with E-state index in [1.165, 1.54) is 16.2 Å². The van der Waals surface area contributed by atoms with E-state index in [0.717, 1.165) is 11.1 Å². The van der Waals surface area contributed by atoms with Gasteiger partial charge in [0.15, 0.2) is 0 Å². The van der Waals surface area contributed by atoms with Crippen LogP contribution in [0.3, 0.4) is 0 Å². The number of pyridine rings is 1. The quantitative estimate of drug-likeness (QED) is 0.551. The Labute approximate surface area is 132 Å². The first kappa shape index (κ1) is 14.4. The van der Waals surface area contributed by atoms with Crippen molar-refractivity contribution in [1.29, 1.82) is 5.26 Å². The van der Waals surface area contributed by atoms with Crippen molar-refractivity contribution in [2.45, 2.75) is 17.7 Å². The highest BCUT2D eigenvalue weighted by molar-refractivity contribution is 7.98. The fourth-order valence-corrected chi connectivity index (χ4v) is 3.08. The van der Waals surface area contributed by atoms with Crippen molar-refractivity contribution in [3.05, 3.63) is 75.7 Å². The first-order valence-corrected chi connectivity index (χ1v) is 7.77. The number of aromatic nitrogens is 2. The maximum Gasteiger partial charge on any atom is 0.276 e. The Morgan fingerprint density at radius 3 is 2.73 bits per heavy atom. The lowest BCUT2D eigenvalue weighted by Gasteiger charge is -2.07. The number of thioether (sulfide) groups is 1. The summed E-state index contributed by atoms with van der Waals surface area (Å²) in [4.78, 5) is 16.9. The molecule has 0 radical (unpaired) electrons. The molecule has 0 spiro atoms. The van der Waals surface area contributed by atoms with E-state index in [1.54, 1.807) is 12.3 Å². The molecule has 0 N–H and O–H groups in total. The van der Waals surface area contributed by atoms with Gasteiger partial charge in [-0.05, 0) is 24.1 Å². The Morgan fingerprint density at radius 2 is 2.00 bits per heavy atom. The van der Waals surface area contributed by atoms with Gasteiger partial charge in [-0.25, -0.2) is 4.98 Å². The maximum atomic E-state index is 12.4. The average molecular weight is 307 g/mol. The first-order chi connectivity index (χ1) is 10.7. The topological polar surface area (TPSA) is 58.2 Å². The minimum atomic E-state index is -0.313. The van der Waals surface area contributed by atoms with Crippen LogP contribution in [0.15, 0.2) is 58.5 Å². The van der Waals surface area contributed by atoms with E-state index in [1.807, 2.05) is 49.4 Å². The molecule has 1 aromatic carbocycles. The number of fused-ring (bicyclic) bond motifs is 1. The van der Waals surface area contributed by atoms with Crippen LogP contribution in [0.1, 0.15) is 16.7 Å². The van der Waals surface area contributed by atoms with Gasteiger partial charge in [-0.3, -0.25) is 9.20 Å². The second-order valence-electron chi connectivity index (χ2n) is 4.92. The van der Waals surface area contributed by atoms with Crippen molar-refractivity contribution in [2.75, 3.05) is 0 Å². The zero-order valence-electron chi connectivity index (χ0n) is 12.0. The summed E-state index contributed by atoms with van der Waals surface area (Å²) < 4.78 is 1.43. The summed E-state index contributed by atoms with van der Waals surface area (Å²) in [6, 6.07) is 15.6. The zero-order valence-corrected chi connectivity index (χ0v) is 12.8. The van der Waals surface area contributed by atoms with Crippen LogP contribution in [0.5, 0.6) is 0 Å². The highest BCUT2D eigenvalue weighted by atomic mass is 32.2. The van der Waals surface area contributed by atoms with Gasteiger partial charge in [0.2, 0.25) is 0 Å². The number of hydrogen-bond acceptors (Lipinski definition) is 4. The second kappa shape index (κ2) is 6.04. The fourth-order valence-electron chi connectivity index (χ4n) is 2.15.